The molecule has 0 aromatic heterocycles. The molecule has 0 aliphatic rings. The Morgan fingerprint density at radius 2 is 1.57 bits per heavy atom. The summed E-state index contributed by atoms with van der Waals surface area (Å²) in [6, 6.07) is 10.7. The maximum absolute atomic E-state index is 5.53. The SMILES string of the molecule is CCOc1ccc(NCc2c(C)cc(C)cc2C)c(C)c1. The zero-order valence-corrected chi connectivity index (χ0v) is 13.7. The second-order valence-corrected chi connectivity index (χ2v) is 5.64. The van der Waals surface area contributed by atoms with E-state index in [1.165, 1.54) is 27.8 Å². The van der Waals surface area contributed by atoms with Crippen molar-refractivity contribution >= 4 is 5.69 Å². The van der Waals surface area contributed by atoms with Crippen LogP contribution in [0, 0.1) is 27.7 Å². The topological polar surface area (TPSA) is 21.3 Å². The van der Waals surface area contributed by atoms with Crippen molar-refractivity contribution in [3.05, 3.63) is 58.1 Å². The molecule has 0 radical (unpaired) electrons. The van der Waals surface area contributed by atoms with Gasteiger partial charge in [0.05, 0.1) is 6.61 Å². The highest BCUT2D eigenvalue weighted by atomic mass is 16.5. The van der Waals surface area contributed by atoms with E-state index in [4.69, 9.17) is 4.74 Å². The second kappa shape index (κ2) is 6.66. The summed E-state index contributed by atoms with van der Waals surface area (Å²) in [4.78, 5) is 0. The van der Waals surface area contributed by atoms with E-state index in [1.54, 1.807) is 0 Å². The van der Waals surface area contributed by atoms with Gasteiger partial charge in [0.1, 0.15) is 5.75 Å². The fraction of sp³-hybridized carbons (Fsp3) is 0.368. The first-order valence-electron chi connectivity index (χ1n) is 7.55. The number of anilines is 1. The molecule has 0 saturated carbocycles. The monoisotopic (exact) mass is 283 g/mol. The summed E-state index contributed by atoms with van der Waals surface area (Å²) in [5.41, 5.74) is 7.79. The van der Waals surface area contributed by atoms with Gasteiger partial charge in [-0.3, -0.25) is 0 Å². The van der Waals surface area contributed by atoms with Crippen LogP contribution < -0.4 is 10.1 Å². The molecule has 0 saturated heterocycles. The average Bonchev–Trinajstić information content (AvgIpc) is 2.40. The van der Waals surface area contributed by atoms with Crippen LogP contribution in [0.3, 0.4) is 0 Å². The predicted molar refractivity (Wildman–Crippen MR) is 90.3 cm³/mol. The average molecular weight is 283 g/mol. The molecular formula is C19H25NO. The van der Waals surface area contributed by atoms with Crippen LogP contribution in [0.25, 0.3) is 0 Å². The zero-order valence-electron chi connectivity index (χ0n) is 13.7. The lowest BCUT2D eigenvalue weighted by molar-refractivity contribution is 0.340. The highest BCUT2D eigenvalue weighted by Crippen LogP contribution is 2.23. The minimum absolute atomic E-state index is 0.702. The quantitative estimate of drug-likeness (QED) is 0.840. The van der Waals surface area contributed by atoms with E-state index >= 15 is 0 Å². The van der Waals surface area contributed by atoms with E-state index in [2.05, 4.69) is 57.3 Å². The summed E-state index contributed by atoms with van der Waals surface area (Å²) in [7, 11) is 0. The molecule has 0 unspecified atom stereocenters. The van der Waals surface area contributed by atoms with E-state index < -0.39 is 0 Å². The number of hydrogen-bond donors (Lipinski definition) is 1. The Kier molecular flexibility index (Phi) is 4.89. The maximum atomic E-state index is 5.53. The van der Waals surface area contributed by atoms with Crippen molar-refractivity contribution in [3.8, 4) is 5.75 Å². The highest BCUT2D eigenvalue weighted by molar-refractivity contribution is 5.54. The van der Waals surface area contributed by atoms with E-state index in [-0.39, 0.29) is 0 Å². The minimum Gasteiger partial charge on any atom is -0.494 e. The number of rotatable bonds is 5. The Morgan fingerprint density at radius 1 is 0.905 bits per heavy atom. The second-order valence-electron chi connectivity index (χ2n) is 5.64. The van der Waals surface area contributed by atoms with Crippen LogP contribution in [0.4, 0.5) is 5.69 Å². The first-order valence-corrected chi connectivity index (χ1v) is 7.55. The lowest BCUT2D eigenvalue weighted by Crippen LogP contribution is -2.05. The zero-order chi connectivity index (χ0) is 15.4. The van der Waals surface area contributed by atoms with Gasteiger partial charge in [-0.05, 0) is 75.1 Å². The smallest absolute Gasteiger partial charge is 0.119 e. The van der Waals surface area contributed by atoms with E-state index in [1.807, 2.05) is 13.0 Å². The van der Waals surface area contributed by atoms with E-state index in [9.17, 15) is 0 Å². The predicted octanol–water partition coefficient (Wildman–Crippen LogP) is 4.93. The van der Waals surface area contributed by atoms with Gasteiger partial charge in [0, 0.05) is 12.2 Å². The number of nitrogens with one attached hydrogen (secondary N) is 1. The molecule has 0 aliphatic heterocycles. The van der Waals surface area contributed by atoms with Gasteiger partial charge in [0.25, 0.3) is 0 Å². The minimum atomic E-state index is 0.702. The van der Waals surface area contributed by atoms with Crippen LogP contribution in [0.1, 0.15) is 34.7 Å². The lowest BCUT2D eigenvalue weighted by Gasteiger charge is -2.15. The Hall–Kier alpha value is -1.96. The fourth-order valence-corrected chi connectivity index (χ4v) is 2.76. The standard InChI is InChI=1S/C19H25NO/c1-6-21-17-7-8-19(16(5)11-17)20-12-18-14(3)9-13(2)10-15(18)4/h7-11,20H,6,12H2,1-5H3. The Morgan fingerprint density at radius 3 is 2.14 bits per heavy atom. The van der Waals surface area contributed by atoms with Crippen molar-refractivity contribution in [2.45, 2.75) is 41.2 Å². The molecule has 0 spiro atoms. The van der Waals surface area contributed by atoms with Crippen LogP contribution in [0.2, 0.25) is 0 Å². The third kappa shape index (κ3) is 3.78. The summed E-state index contributed by atoms with van der Waals surface area (Å²) in [5, 5.41) is 3.54. The van der Waals surface area contributed by atoms with Gasteiger partial charge in [-0.15, -0.1) is 0 Å². The molecule has 2 aromatic carbocycles. The molecule has 0 atom stereocenters. The lowest BCUT2D eigenvalue weighted by atomic mass is 9.99. The Labute approximate surface area is 128 Å². The number of ether oxygens (including phenoxy) is 1. The Bertz CT molecular complexity index is 608. The van der Waals surface area contributed by atoms with Gasteiger partial charge in [0.15, 0.2) is 0 Å². The molecule has 1 N–H and O–H groups in total. The molecule has 2 heteroatoms. The van der Waals surface area contributed by atoms with Crippen LogP contribution >= 0.6 is 0 Å². The van der Waals surface area contributed by atoms with Crippen molar-refractivity contribution in [1.29, 1.82) is 0 Å². The number of aryl methyl sites for hydroxylation is 4. The van der Waals surface area contributed by atoms with Gasteiger partial charge in [-0.25, -0.2) is 0 Å². The molecule has 2 rings (SSSR count). The largest absolute Gasteiger partial charge is 0.494 e. The molecule has 2 nitrogen and oxygen atoms in total. The van der Waals surface area contributed by atoms with Crippen molar-refractivity contribution in [2.75, 3.05) is 11.9 Å². The summed E-state index contributed by atoms with van der Waals surface area (Å²) in [6.45, 7) is 12.2. The highest BCUT2D eigenvalue weighted by Gasteiger charge is 2.05. The Balaban J connectivity index is 2.13. The van der Waals surface area contributed by atoms with Gasteiger partial charge >= 0.3 is 0 Å². The summed E-state index contributed by atoms with van der Waals surface area (Å²) in [5.74, 6) is 0.934. The first-order chi connectivity index (χ1) is 10.0. The van der Waals surface area contributed by atoms with Gasteiger partial charge in [-0.1, -0.05) is 17.7 Å². The summed E-state index contributed by atoms with van der Waals surface area (Å²) in [6.07, 6.45) is 0. The van der Waals surface area contributed by atoms with E-state index in [0.717, 1.165) is 18.0 Å². The van der Waals surface area contributed by atoms with Gasteiger partial charge in [0.2, 0.25) is 0 Å². The first kappa shape index (κ1) is 15.4. The summed E-state index contributed by atoms with van der Waals surface area (Å²) >= 11 is 0. The molecule has 0 fully saturated rings. The third-order valence-electron chi connectivity index (χ3n) is 3.80. The molecule has 0 bridgehead atoms. The van der Waals surface area contributed by atoms with Crippen molar-refractivity contribution in [3.63, 3.8) is 0 Å². The van der Waals surface area contributed by atoms with Crippen molar-refractivity contribution in [2.24, 2.45) is 0 Å². The summed E-state index contributed by atoms with van der Waals surface area (Å²) < 4.78 is 5.53. The van der Waals surface area contributed by atoms with Gasteiger partial charge < -0.3 is 10.1 Å². The van der Waals surface area contributed by atoms with Gasteiger partial charge in [-0.2, -0.15) is 0 Å². The molecule has 2 aromatic rings. The molecule has 0 aliphatic carbocycles. The maximum Gasteiger partial charge on any atom is 0.119 e. The van der Waals surface area contributed by atoms with Crippen molar-refractivity contribution < 1.29 is 4.74 Å². The van der Waals surface area contributed by atoms with Crippen LogP contribution in [-0.4, -0.2) is 6.61 Å². The molecular weight excluding hydrogens is 258 g/mol. The third-order valence-corrected chi connectivity index (χ3v) is 3.80. The molecule has 112 valence electrons. The van der Waals surface area contributed by atoms with E-state index in [0.29, 0.717) is 6.61 Å². The van der Waals surface area contributed by atoms with Crippen LogP contribution in [0.5, 0.6) is 5.75 Å². The number of benzene rings is 2. The van der Waals surface area contributed by atoms with Crippen LogP contribution in [-0.2, 0) is 6.54 Å². The van der Waals surface area contributed by atoms with Crippen molar-refractivity contribution in [1.82, 2.24) is 0 Å². The normalized spacial score (nSPS) is 10.5. The molecule has 0 heterocycles. The molecule has 21 heavy (non-hydrogen) atoms. The van der Waals surface area contributed by atoms with Crippen LogP contribution in [0.15, 0.2) is 30.3 Å². The number of hydrogen-bond acceptors (Lipinski definition) is 2. The molecule has 0 amide bonds. The fourth-order valence-electron chi connectivity index (χ4n) is 2.76.